The van der Waals surface area contributed by atoms with Crippen molar-refractivity contribution in [3.05, 3.63) is 94.8 Å². The Hall–Kier alpha value is -4.20. The van der Waals surface area contributed by atoms with E-state index in [-0.39, 0.29) is 18.0 Å². The summed E-state index contributed by atoms with van der Waals surface area (Å²) in [5, 5.41) is 11.4. The van der Waals surface area contributed by atoms with Gasteiger partial charge in [-0.15, -0.1) is 0 Å². The predicted octanol–water partition coefficient (Wildman–Crippen LogP) is 3.38. The predicted molar refractivity (Wildman–Crippen MR) is 118 cm³/mol. The Bertz CT molecular complexity index is 1360. The number of hydrazone groups is 1. The van der Waals surface area contributed by atoms with Gasteiger partial charge in [-0.05, 0) is 48.0 Å². The van der Waals surface area contributed by atoms with E-state index < -0.39 is 6.04 Å². The molecule has 0 spiro atoms. The standard InChI is InChI=1S/C24H20N4O4/c1-31-18-10-8-16(9-11-18)20-13-21(22-7-4-12-32-22)28(26-20)23(29)15-27-24(30)19-6-3-2-5-17(19)14-25-27/h2-12,14,21H,13,15H2,1H3. The van der Waals surface area contributed by atoms with Crippen LogP contribution >= 0.6 is 0 Å². The smallest absolute Gasteiger partial charge is 0.275 e. The van der Waals surface area contributed by atoms with Crippen LogP contribution in [-0.2, 0) is 11.3 Å². The van der Waals surface area contributed by atoms with Crippen molar-refractivity contribution in [1.82, 2.24) is 14.8 Å². The van der Waals surface area contributed by atoms with Crippen molar-refractivity contribution >= 4 is 22.4 Å². The lowest BCUT2D eigenvalue weighted by atomic mass is 10.0. The summed E-state index contributed by atoms with van der Waals surface area (Å²) >= 11 is 0. The Morgan fingerprint density at radius 3 is 2.69 bits per heavy atom. The molecule has 2 aromatic carbocycles. The van der Waals surface area contributed by atoms with E-state index in [2.05, 4.69) is 10.2 Å². The zero-order valence-electron chi connectivity index (χ0n) is 17.3. The molecule has 0 N–H and O–H groups in total. The van der Waals surface area contributed by atoms with Gasteiger partial charge in [-0.3, -0.25) is 9.59 Å². The summed E-state index contributed by atoms with van der Waals surface area (Å²) in [6.45, 7) is -0.222. The van der Waals surface area contributed by atoms with Gasteiger partial charge in [0, 0.05) is 11.8 Å². The van der Waals surface area contributed by atoms with Crippen LogP contribution in [0.25, 0.3) is 10.8 Å². The van der Waals surface area contributed by atoms with Gasteiger partial charge in [0.05, 0.1) is 30.7 Å². The fourth-order valence-electron chi connectivity index (χ4n) is 3.84. The molecule has 1 atom stereocenters. The molecule has 4 aromatic rings. The van der Waals surface area contributed by atoms with E-state index in [4.69, 9.17) is 9.15 Å². The monoisotopic (exact) mass is 428 g/mol. The molecule has 0 radical (unpaired) electrons. The minimum atomic E-state index is -0.397. The minimum Gasteiger partial charge on any atom is -0.497 e. The van der Waals surface area contributed by atoms with Crippen LogP contribution in [0.4, 0.5) is 0 Å². The number of furan rings is 1. The molecule has 1 unspecified atom stereocenters. The Kier molecular flexibility index (Phi) is 5.03. The third-order valence-electron chi connectivity index (χ3n) is 5.51. The molecule has 32 heavy (non-hydrogen) atoms. The molecule has 5 rings (SSSR count). The van der Waals surface area contributed by atoms with E-state index in [0.29, 0.717) is 17.6 Å². The summed E-state index contributed by atoms with van der Waals surface area (Å²) in [6, 6.07) is 17.9. The minimum absolute atomic E-state index is 0.222. The maximum absolute atomic E-state index is 13.2. The molecule has 8 nitrogen and oxygen atoms in total. The fourth-order valence-corrected chi connectivity index (χ4v) is 3.84. The number of hydrogen-bond acceptors (Lipinski definition) is 6. The molecular weight excluding hydrogens is 408 g/mol. The molecule has 1 aliphatic rings. The van der Waals surface area contributed by atoms with Gasteiger partial charge in [-0.1, -0.05) is 18.2 Å². The SMILES string of the molecule is COc1ccc(C2=NN(C(=O)Cn3ncc4ccccc4c3=O)C(c3ccco3)C2)cc1. The van der Waals surface area contributed by atoms with Gasteiger partial charge in [-0.25, -0.2) is 9.69 Å². The fraction of sp³-hybridized carbons (Fsp3) is 0.167. The van der Waals surface area contributed by atoms with Gasteiger partial charge in [0.2, 0.25) is 0 Å². The second kappa shape index (κ2) is 8.14. The van der Waals surface area contributed by atoms with Crippen molar-refractivity contribution in [3.63, 3.8) is 0 Å². The topological polar surface area (TPSA) is 89.9 Å². The number of benzene rings is 2. The maximum Gasteiger partial charge on any atom is 0.275 e. The van der Waals surface area contributed by atoms with Crippen LogP contribution in [0, 0.1) is 0 Å². The normalized spacial score (nSPS) is 15.7. The highest BCUT2D eigenvalue weighted by Gasteiger charge is 2.35. The largest absolute Gasteiger partial charge is 0.497 e. The van der Waals surface area contributed by atoms with E-state index >= 15 is 0 Å². The number of carbonyl (C=O) groups is 1. The second-order valence-electron chi connectivity index (χ2n) is 7.44. The second-order valence-corrected chi connectivity index (χ2v) is 7.44. The molecular formula is C24H20N4O4. The molecule has 0 aliphatic carbocycles. The number of hydrogen-bond donors (Lipinski definition) is 0. The highest BCUT2D eigenvalue weighted by Crippen LogP contribution is 2.33. The number of fused-ring (bicyclic) bond motifs is 1. The number of methoxy groups -OCH3 is 1. The third-order valence-corrected chi connectivity index (χ3v) is 5.51. The van der Waals surface area contributed by atoms with Crippen molar-refractivity contribution in [1.29, 1.82) is 0 Å². The average molecular weight is 428 g/mol. The lowest BCUT2D eigenvalue weighted by Gasteiger charge is -2.20. The summed E-state index contributed by atoms with van der Waals surface area (Å²) < 4.78 is 12.0. The summed E-state index contributed by atoms with van der Waals surface area (Å²) in [4.78, 5) is 26.0. The van der Waals surface area contributed by atoms with Gasteiger partial charge in [0.25, 0.3) is 11.5 Å². The highest BCUT2D eigenvalue weighted by molar-refractivity contribution is 6.03. The third kappa shape index (κ3) is 3.56. The molecule has 160 valence electrons. The molecule has 1 amide bonds. The molecule has 0 saturated carbocycles. The molecule has 3 heterocycles. The maximum atomic E-state index is 13.2. The summed E-state index contributed by atoms with van der Waals surface area (Å²) in [5.41, 5.74) is 1.32. The van der Waals surface area contributed by atoms with Crippen LogP contribution in [-0.4, -0.2) is 33.5 Å². The Balaban J connectivity index is 1.47. The van der Waals surface area contributed by atoms with Crippen LogP contribution in [0.5, 0.6) is 5.75 Å². The zero-order chi connectivity index (χ0) is 22.1. The summed E-state index contributed by atoms with van der Waals surface area (Å²) in [5.74, 6) is 1.02. The highest BCUT2D eigenvalue weighted by atomic mass is 16.5. The summed E-state index contributed by atoms with van der Waals surface area (Å²) in [6.07, 6.45) is 3.65. The van der Waals surface area contributed by atoms with Gasteiger partial charge in [0.1, 0.15) is 24.1 Å². The quantitative estimate of drug-likeness (QED) is 0.486. The Labute approximate surface area is 183 Å². The lowest BCUT2D eigenvalue weighted by Crippen LogP contribution is -2.34. The van der Waals surface area contributed by atoms with Crippen molar-refractivity contribution in [3.8, 4) is 5.75 Å². The van der Waals surface area contributed by atoms with Crippen LogP contribution < -0.4 is 10.3 Å². The number of aromatic nitrogens is 2. The number of amides is 1. The van der Waals surface area contributed by atoms with E-state index in [9.17, 15) is 9.59 Å². The Morgan fingerprint density at radius 1 is 1.12 bits per heavy atom. The van der Waals surface area contributed by atoms with E-state index in [1.54, 1.807) is 37.8 Å². The van der Waals surface area contributed by atoms with Gasteiger partial charge in [-0.2, -0.15) is 10.2 Å². The first-order valence-electron chi connectivity index (χ1n) is 10.2. The van der Waals surface area contributed by atoms with Crippen LogP contribution in [0.3, 0.4) is 0 Å². The van der Waals surface area contributed by atoms with Gasteiger partial charge >= 0.3 is 0 Å². The summed E-state index contributed by atoms with van der Waals surface area (Å²) in [7, 11) is 1.61. The first-order valence-corrected chi connectivity index (χ1v) is 10.2. The van der Waals surface area contributed by atoms with Crippen molar-refractivity contribution in [2.45, 2.75) is 19.0 Å². The number of nitrogens with zero attached hydrogens (tertiary/aromatic N) is 4. The van der Waals surface area contributed by atoms with Crippen LogP contribution in [0.15, 0.2) is 87.4 Å². The van der Waals surface area contributed by atoms with Crippen LogP contribution in [0.1, 0.15) is 23.8 Å². The van der Waals surface area contributed by atoms with Gasteiger partial charge < -0.3 is 9.15 Å². The molecule has 8 heteroatoms. The van der Waals surface area contributed by atoms with Gasteiger partial charge in [0.15, 0.2) is 0 Å². The lowest BCUT2D eigenvalue weighted by molar-refractivity contribution is -0.134. The molecule has 0 fully saturated rings. The van der Waals surface area contributed by atoms with Crippen molar-refractivity contribution in [2.75, 3.05) is 7.11 Å². The Morgan fingerprint density at radius 2 is 1.94 bits per heavy atom. The van der Waals surface area contributed by atoms with Crippen molar-refractivity contribution in [2.24, 2.45) is 5.10 Å². The number of ether oxygens (including phenoxy) is 1. The number of rotatable bonds is 5. The first kappa shape index (κ1) is 19.7. The van der Waals surface area contributed by atoms with Crippen LogP contribution in [0.2, 0.25) is 0 Å². The first-order chi connectivity index (χ1) is 15.6. The zero-order valence-corrected chi connectivity index (χ0v) is 17.3. The average Bonchev–Trinajstić information content (AvgIpc) is 3.51. The van der Waals surface area contributed by atoms with Crippen molar-refractivity contribution < 1.29 is 13.9 Å². The van der Waals surface area contributed by atoms with E-state index in [1.807, 2.05) is 42.5 Å². The molecule has 0 bridgehead atoms. The number of carbonyl (C=O) groups excluding carboxylic acids is 1. The molecule has 0 saturated heterocycles. The molecule has 2 aromatic heterocycles. The van der Waals surface area contributed by atoms with E-state index in [0.717, 1.165) is 22.4 Å². The van der Waals surface area contributed by atoms with E-state index in [1.165, 1.54) is 9.69 Å². The molecule has 1 aliphatic heterocycles.